The Labute approximate surface area is 253 Å². The van der Waals surface area contributed by atoms with Crippen LogP contribution in [0.1, 0.15) is 47.9 Å². The number of carbonyl (C=O) groups is 3. The molecule has 228 valence electrons. The molecule has 2 N–H and O–H groups in total. The van der Waals surface area contributed by atoms with Crippen molar-refractivity contribution in [3.8, 4) is 11.8 Å². The van der Waals surface area contributed by atoms with Gasteiger partial charge in [-0.05, 0) is 72.6 Å². The molecule has 0 heterocycles. The Bertz CT molecular complexity index is 1460. The molecule has 0 aliphatic heterocycles. The zero-order valence-corrected chi connectivity index (χ0v) is 25.2. The summed E-state index contributed by atoms with van der Waals surface area (Å²) in [4.78, 5) is 37.5. The number of carboxylic acids is 2. The van der Waals surface area contributed by atoms with Crippen LogP contribution in [0.4, 0.5) is 0 Å². The molecule has 0 saturated heterocycles. The topological polar surface area (TPSA) is 113 Å². The van der Waals surface area contributed by atoms with E-state index in [1.807, 2.05) is 12.1 Å². The average Bonchev–Trinajstić information content (AvgIpc) is 2.98. The number of likely N-dealkylation sites (N-methyl/N-ethyl adjacent to an activating group) is 1. The highest BCUT2D eigenvalue weighted by Gasteiger charge is 2.37. The van der Waals surface area contributed by atoms with Gasteiger partial charge in [0, 0.05) is 20.1 Å². The van der Waals surface area contributed by atoms with E-state index in [0.29, 0.717) is 12.8 Å². The number of hydrogen-bond acceptors (Lipinski definition) is 5. The third kappa shape index (κ3) is 10.9. The number of amides is 1. The summed E-state index contributed by atoms with van der Waals surface area (Å²) in [5, 5.41) is 21.1. The summed E-state index contributed by atoms with van der Waals surface area (Å²) in [6.45, 7) is 3.50. The molecular formula is C35H41NO7. The Kier molecular flexibility index (Phi) is 13.2. The number of aliphatic carboxylic acids is 2. The minimum atomic E-state index is -1.76. The fraction of sp³-hybridized carbons (Fsp3) is 0.400. The van der Waals surface area contributed by atoms with Crippen LogP contribution in [0, 0.1) is 25.7 Å². The molecule has 8 heteroatoms. The lowest BCUT2D eigenvalue weighted by molar-refractivity contribution is -0.175. The number of aryl methyl sites for hydroxylation is 4. The first kappa shape index (κ1) is 33.3. The van der Waals surface area contributed by atoms with Gasteiger partial charge in [0.05, 0.1) is 6.54 Å². The van der Waals surface area contributed by atoms with Gasteiger partial charge in [0.15, 0.2) is 12.2 Å². The number of carboxylic acid groups (broad SMARTS) is 2. The summed E-state index contributed by atoms with van der Waals surface area (Å²) < 4.78 is 10.8. The normalized spacial score (nSPS) is 12.3. The van der Waals surface area contributed by atoms with Gasteiger partial charge in [0.1, 0.15) is 6.61 Å². The molecule has 0 fully saturated rings. The fourth-order valence-corrected chi connectivity index (χ4v) is 4.67. The van der Waals surface area contributed by atoms with Crippen molar-refractivity contribution in [3.05, 3.63) is 82.9 Å². The highest BCUT2D eigenvalue weighted by molar-refractivity contribution is 5.88. The molecule has 1 amide bonds. The van der Waals surface area contributed by atoms with Crippen molar-refractivity contribution >= 4 is 28.6 Å². The van der Waals surface area contributed by atoms with Crippen molar-refractivity contribution in [2.24, 2.45) is 0 Å². The van der Waals surface area contributed by atoms with E-state index in [2.05, 4.69) is 74.2 Å². The minimum Gasteiger partial charge on any atom is -0.480 e. The molecule has 3 rings (SSSR count). The van der Waals surface area contributed by atoms with Gasteiger partial charge in [-0.15, -0.1) is 5.92 Å². The fourth-order valence-electron chi connectivity index (χ4n) is 4.67. The van der Waals surface area contributed by atoms with E-state index >= 15 is 0 Å². The Morgan fingerprint density at radius 2 is 1.51 bits per heavy atom. The van der Waals surface area contributed by atoms with Crippen LogP contribution in [0.3, 0.4) is 0 Å². The van der Waals surface area contributed by atoms with Gasteiger partial charge in [-0.2, -0.15) is 0 Å². The highest BCUT2D eigenvalue weighted by atomic mass is 16.6. The molecule has 0 spiro atoms. The van der Waals surface area contributed by atoms with E-state index in [0.717, 1.165) is 25.7 Å². The molecule has 43 heavy (non-hydrogen) atoms. The maximum Gasteiger partial charge on any atom is 0.336 e. The van der Waals surface area contributed by atoms with Crippen LogP contribution in [-0.2, 0) is 36.7 Å². The van der Waals surface area contributed by atoms with Crippen molar-refractivity contribution in [1.82, 2.24) is 4.90 Å². The molecule has 0 bridgehead atoms. The Balaban J connectivity index is 1.53. The van der Waals surface area contributed by atoms with Gasteiger partial charge < -0.3 is 24.6 Å². The lowest BCUT2D eigenvalue weighted by Gasteiger charge is -2.26. The molecule has 3 aromatic rings. The second kappa shape index (κ2) is 17.1. The van der Waals surface area contributed by atoms with Gasteiger partial charge in [0.25, 0.3) is 5.91 Å². The number of carbonyl (C=O) groups excluding carboxylic acids is 1. The molecule has 2 unspecified atom stereocenters. The number of benzene rings is 3. The maximum absolute atomic E-state index is 13.3. The third-order valence-electron chi connectivity index (χ3n) is 7.30. The standard InChI is InChI=1S/C35H41NO7/c1-25-16-17-27(22-26(25)2)12-7-5-11-21-42-32(33(35(40)41)43-24-31(37)38)34(39)36(3)20-10-4-6-13-28-18-19-29-14-8-9-15-30(29)23-28/h8-9,14-19,22-23,32-33H,5-7,11-13,20-21,24H2,1-3H3,(H,37,38)(H,40,41). The maximum atomic E-state index is 13.3. The molecule has 0 radical (unpaired) electrons. The SMILES string of the molecule is Cc1ccc(CCCCCOC(C(=O)N(C)CC#CCCc2ccc3ccccc3c2)C(OCC(=O)O)C(=O)O)cc1C. The number of nitrogens with zero attached hydrogens (tertiary/aromatic N) is 1. The van der Waals surface area contributed by atoms with Crippen LogP contribution in [0.5, 0.6) is 0 Å². The molecule has 0 aliphatic rings. The zero-order valence-electron chi connectivity index (χ0n) is 25.2. The molecule has 2 atom stereocenters. The predicted octanol–water partition coefficient (Wildman–Crippen LogP) is 5.20. The first-order valence-electron chi connectivity index (χ1n) is 14.6. The number of unbranched alkanes of at least 4 members (excludes halogenated alkanes) is 2. The van der Waals surface area contributed by atoms with E-state index in [1.165, 1.54) is 45.0 Å². The molecule has 0 aliphatic carbocycles. The van der Waals surface area contributed by atoms with E-state index in [1.54, 1.807) is 0 Å². The van der Waals surface area contributed by atoms with Gasteiger partial charge >= 0.3 is 11.9 Å². The quantitative estimate of drug-likeness (QED) is 0.175. The molecule has 8 nitrogen and oxygen atoms in total. The summed E-state index contributed by atoms with van der Waals surface area (Å²) in [5.41, 5.74) is 4.93. The van der Waals surface area contributed by atoms with Crippen molar-refractivity contribution in [1.29, 1.82) is 0 Å². The smallest absolute Gasteiger partial charge is 0.336 e. The number of rotatable bonds is 16. The van der Waals surface area contributed by atoms with Crippen molar-refractivity contribution in [2.45, 2.75) is 64.6 Å². The van der Waals surface area contributed by atoms with Gasteiger partial charge in [-0.1, -0.05) is 73.0 Å². The van der Waals surface area contributed by atoms with Gasteiger partial charge in [-0.25, -0.2) is 9.59 Å². The Hall–Kier alpha value is -4.19. The predicted molar refractivity (Wildman–Crippen MR) is 166 cm³/mol. The van der Waals surface area contributed by atoms with Gasteiger partial charge in [-0.3, -0.25) is 4.79 Å². The lowest BCUT2D eigenvalue weighted by Crippen LogP contribution is -2.50. The number of hydrogen-bond donors (Lipinski definition) is 2. The molecular weight excluding hydrogens is 546 g/mol. The van der Waals surface area contributed by atoms with E-state index in [-0.39, 0.29) is 13.2 Å². The second-order valence-corrected chi connectivity index (χ2v) is 10.7. The first-order valence-corrected chi connectivity index (χ1v) is 14.6. The monoisotopic (exact) mass is 587 g/mol. The van der Waals surface area contributed by atoms with E-state index in [9.17, 15) is 19.5 Å². The summed E-state index contributed by atoms with van der Waals surface area (Å²) in [7, 11) is 1.51. The summed E-state index contributed by atoms with van der Waals surface area (Å²) in [6, 6.07) is 20.9. The second-order valence-electron chi connectivity index (χ2n) is 10.7. The summed E-state index contributed by atoms with van der Waals surface area (Å²) in [6.07, 6.45) is 1.35. The Morgan fingerprint density at radius 3 is 2.23 bits per heavy atom. The Morgan fingerprint density at radius 1 is 0.791 bits per heavy atom. The van der Waals surface area contributed by atoms with Gasteiger partial charge in [0.2, 0.25) is 0 Å². The molecule has 0 saturated carbocycles. The van der Waals surface area contributed by atoms with Crippen LogP contribution >= 0.6 is 0 Å². The largest absolute Gasteiger partial charge is 0.480 e. The van der Waals surface area contributed by atoms with E-state index < -0.39 is 36.7 Å². The summed E-state index contributed by atoms with van der Waals surface area (Å²) >= 11 is 0. The van der Waals surface area contributed by atoms with Crippen molar-refractivity contribution in [2.75, 3.05) is 26.8 Å². The minimum absolute atomic E-state index is 0.0671. The van der Waals surface area contributed by atoms with Crippen molar-refractivity contribution in [3.63, 3.8) is 0 Å². The van der Waals surface area contributed by atoms with Crippen LogP contribution in [0.25, 0.3) is 10.8 Å². The molecule has 3 aromatic carbocycles. The van der Waals surface area contributed by atoms with Crippen LogP contribution in [-0.4, -0.2) is 72.0 Å². The van der Waals surface area contributed by atoms with Crippen LogP contribution in [0.15, 0.2) is 60.7 Å². The zero-order chi connectivity index (χ0) is 31.2. The molecule has 0 aromatic heterocycles. The third-order valence-corrected chi connectivity index (χ3v) is 7.30. The highest BCUT2D eigenvalue weighted by Crippen LogP contribution is 2.17. The summed E-state index contributed by atoms with van der Waals surface area (Å²) in [5.74, 6) is 2.61. The number of ether oxygens (including phenoxy) is 2. The first-order chi connectivity index (χ1) is 20.7. The number of fused-ring (bicyclic) bond motifs is 1. The van der Waals surface area contributed by atoms with Crippen molar-refractivity contribution < 1.29 is 34.1 Å². The van der Waals surface area contributed by atoms with Crippen LogP contribution < -0.4 is 0 Å². The average molecular weight is 588 g/mol. The van der Waals surface area contributed by atoms with Crippen LogP contribution in [0.2, 0.25) is 0 Å². The lowest BCUT2D eigenvalue weighted by atomic mass is 10.0. The van der Waals surface area contributed by atoms with E-state index in [4.69, 9.17) is 14.6 Å².